The third-order valence-electron chi connectivity index (χ3n) is 2.16. The van der Waals surface area contributed by atoms with Crippen molar-refractivity contribution in [3.8, 4) is 11.5 Å². The Morgan fingerprint density at radius 2 is 1.71 bits per heavy atom. The quantitative estimate of drug-likeness (QED) is 0.673. The van der Waals surface area contributed by atoms with Crippen molar-refractivity contribution in [2.75, 3.05) is 0 Å². The lowest BCUT2D eigenvalue weighted by Gasteiger charge is -2.04. The topological polar surface area (TPSA) is 57.5 Å². The van der Waals surface area contributed by atoms with Crippen molar-refractivity contribution in [2.24, 2.45) is 0 Å². The van der Waals surface area contributed by atoms with Crippen LogP contribution in [0.15, 0.2) is 30.3 Å². The first-order chi connectivity index (χ1) is 6.74. The van der Waals surface area contributed by atoms with E-state index < -0.39 is 0 Å². The van der Waals surface area contributed by atoms with Crippen LogP contribution < -0.4 is 0 Å². The molecule has 0 heterocycles. The summed E-state index contributed by atoms with van der Waals surface area (Å²) in [7, 11) is 0. The van der Waals surface area contributed by atoms with Gasteiger partial charge in [0.05, 0.1) is 5.39 Å². The van der Waals surface area contributed by atoms with Crippen molar-refractivity contribution >= 4 is 17.1 Å². The van der Waals surface area contributed by atoms with Gasteiger partial charge in [-0.15, -0.1) is 0 Å². The highest BCUT2D eigenvalue weighted by molar-refractivity contribution is 6.03. The van der Waals surface area contributed by atoms with Crippen LogP contribution in [0, 0.1) is 0 Å². The van der Waals surface area contributed by atoms with Gasteiger partial charge in [0.25, 0.3) is 0 Å². The molecule has 2 N–H and O–H groups in total. The van der Waals surface area contributed by atoms with E-state index in [1.807, 2.05) is 0 Å². The second kappa shape index (κ2) is 3.03. The van der Waals surface area contributed by atoms with Crippen molar-refractivity contribution in [1.82, 2.24) is 0 Å². The predicted molar refractivity (Wildman–Crippen MR) is 52.7 cm³/mol. The summed E-state index contributed by atoms with van der Waals surface area (Å²) in [5, 5.41) is 19.9. The van der Waals surface area contributed by atoms with Gasteiger partial charge >= 0.3 is 0 Å². The first-order valence-corrected chi connectivity index (χ1v) is 4.13. The smallest absolute Gasteiger partial charge is 0.150 e. The fourth-order valence-corrected chi connectivity index (χ4v) is 1.49. The fourth-order valence-electron chi connectivity index (χ4n) is 1.49. The molecule has 14 heavy (non-hydrogen) atoms. The lowest BCUT2D eigenvalue weighted by atomic mass is 10.0. The summed E-state index contributed by atoms with van der Waals surface area (Å²) < 4.78 is 0. The minimum absolute atomic E-state index is 0.0244. The van der Waals surface area contributed by atoms with Gasteiger partial charge in [-0.05, 0) is 23.6 Å². The van der Waals surface area contributed by atoms with Crippen LogP contribution in [0.1, 0.15) is 10.4 Å². The number of hydrogen-bond donors (Lipinski definition) is 2. The van der Waals surface area contributed by atoms with E-state index in [0.29, 0.717) is 22.6 Å². The summed E-state index contributed by atoms with van der Waals surface area (Å²) in [6, 6.07) is 7.69. The summed E-state index contributed by atoms with van der Waals surface area (Å²) >= 11 is 0. The number of phenols is 2. The van der Waals surface area contributed by atoms with Gasteiger partial charge in [-0.2, -0.15) is 0 Å². The van der Waals surface area contributed by atoms with Crippen molar-refractivity contribution in [3.63, 3.8) is 0 Å². The Balaban J connectivity index is 2.98. The van der Waals surface area contributed by atoms with E-state index in [0.717, 1.165) is 0 Å². The maximum Gasteiger partial charge on any atom is 0.150 e. The van der Waals surface area contributed by atoms with E-state index in [1.165, 1.54) is 18.2 Å². The molecule has 70 valence electrons. The number of aldehydes is 1. The highest BCUT2D eigenvalue weighted by Crippen LogP contribution is 2.33. The molecule has 2 aromatic rings. The molecule has 2 aromatic carbocycles. The molecule has 0 saturated carbocycles. The predicted octanol–water partition coefficient (Wildman–Crippen LogP) is 2.06. The number of carbonyl (C=O) groups is 1. The highest BCUT2D eigenvalue weighted by atomic mass is 16.3. The van der Waals surface area contributed by atoms with E-state index in [4.69, 9.17) is 0 Å². The second-order valence-electron chi connectivity index (χ2n) is 2.99. The molecule has 0 atom stereocenters. The van der Waals surface area contributed by atoms with E-state index in [1.54, 1.807) is 12.1 Å². The first kappa shape index (κ1) is 8.56. The van der Waals surface area contributed by atoms with E-state index >= 15 is 0 Å². The van der Waals surface area contributed by atoms with Crippen LogP contribution in [0.5, 0.6) is 11.5 Å². The van der Waals surface area contributed by atoms with Gasteiger partial charge in [-0.25, -0.2) is 0 Å². The molecular formula is C11H8O3. The van der Waals surface area contributed by atoms with Gasteiger partial charge < -0.3 is 10.2 Å². The van der Waals surface area contributed by atoms with Crippen molar-refractivity contribution in [1.29, 1.82) is 0 Å². The number of carbonyl (C=O) groups excluding carboxylic acids is 1. The zero-order valence-electron chi connectivity index (χ0n) is 7.27. The summed E-state index contributed by atoms with van der Waals surface area (Å²) in [6.07, 6.45) is 0.696. The Hall–Kier alpha value is -2.03. The Labute approximate surface area is 80.2 Å². The summed E-state index contributed by atoms with van der Waals surface area (Å²) in [5.74, 6) is -0.0487. The Kier molecular flexibility index (Phi) is 1.85. The number of fused-ring (bicyclic) bond motifs is 1. The van der Waals surface area contributed by atoms with E-state index in [2.05, 4.69) is 0 Å². The highest BCUT2D eigenvalue weighted by Gasteiger charge is 2.07. The molecule has 0 aliphatic rings. The number of hydrogen-bond acceptors (Lipinski definition) is 3. The number of phenolic OH excluding ortho intramolecular Hbond substituents is 2. The SMILES string of the molecule is O=Cc1ccc(O)c2c(O)cccc12. The molecule has 0 saturated heterocycles. The van der Waals surface area contributed by atoms with Crippen LogP contribution in [0.3, 0.4) is 0 Å². The van der Waals surface area contributed by atoms with Crippen molar-refractivity contribution < 1.29 is 15.0 Å². The Bertz CT molecular complexity index is 495. The van der Waals surface area contributed by atoms with Crippen LogP contribution >= 0.6 is 0 Å². The molecular weight excluding hydrogens is 180 g/mol. The molecule has 3 nitrogen and oxygen atoms in total. The third kappa shape index (κ3) is 1.10. The zero-order valence-corrected chi connectivity index (χ0v) is 7.27. The van der Waals surface area contributed by atoms with E-state index in [-0.39, 0.29) is 11.5 Å². The van der Waals surface area contributed by atoms with Crippen LogP contribution in [0.2, 0.25) is 0 Å². The Morgan fingerprint density at radius 1 is 1.00 bits per heavy atom. The average Bonchev–Trinajstić information content (AvgIpc) is 2.18. The van der Waals surface area contributed by atoms with Crippen LogP contribution in [-0.4, -0.2) is 16.5 Å². The molecule has 0 aliphatic carbocycles. The summed E-state index contributed by atoms with van der Waals surface area (Å²) in [6.45, 7) is 0. The number of aromatic hydroxyl groups is 2. The normalized spacial score (nSPS) is 10.3. The maximum atomic E-state index is 10.7. The lowest BCUT2D eigenvalue weighted by Crippen LogP contribution is -1.83. The minimum Gasteiger partial charge on any atom is -0.507 e. The number of rotatable bonds is 1. The van der Waals surface area contributed by atoms with Gasteiger partial charge in [-0.1, -0.05) is 12.1 Å². The molecule has 0 unspecified atom stereocenters. The van der Waals surface area contributed by atoms with Crippen molar-refractivity contribution in [2.45, 2.75) is 0 Å². The molecule has 0 amide bonds. The molecule has 0 aromatic heterocycles. The molecule has 0 bridgehead atoms. The lowest BCUT2D eigenvalue weighted by molar-refractivity contribution is 0.112. The molecule has 2 rings (SSSR count). The number of benzene rings is 2. The summed E-state index contributed by atoms with van der Waals surface area (Å²) in [4.78, 5) is 10.7. The van der Waals surface area contributed by atoms with Crippen molar-refractivity contribution in [3.05, 3.63) is 35.9 Å². The van der Waals surface area contributed by atoms with E-state index in [9.17, 15) is 15.0 Å². The second-order valence-corrected chi connectivity index (χ2v) is 2.99. The van der Waals surface area contributed by atoms with Crippen LogP contribution in [0.4, 0.5) is 0 Å². The monoisotopic (exact) mass is 188 g/mol. The fraction of sp³-hybridized carbons (Fsp3) is 0. The standard InChI is InChI=1S/C11H8O3/c12-6-7-4-5-10(14)11-8(7)2-1-3-9(11)13/h1-6,13-14H. The van der Waals surface area contributed by atoms with Gasteiger partial charge in [-0.3, -0.25) is 4.79 Å². The zero-order chi connectivity index (χ0) is 10.1. The Morgan fingerprint density at radius 3 is 2.43 bits per heavy atom. The molecule has 0 spiro atoms. The largest absolute Gasteiger partial charge is 0.507 e. The molecule has 3 heteroatoms. The maximum absolute atomic E-state index is 10.7. The van der Waals surface area contributed by atoms with Gasteiger partial charge in [0, 0.05) is 5.56 Å². The molecule has 0 radical (unpaired) electrons. The van der Waals surface area contributed by atoms with Crippen LogP contribution in [-0.2, 0) is 0 Å². The van der Waals surface area contributed by atoms with Gasteiger partial charge in [0.1, 0.15) is 11.5 Å². The van der Waals surface area contributed by atoms with Gasteiger partial charge in [0.15, 0.2) is 6.29 Å². The summed E-state index contributed by atoms with van der Waals surface area (Å²) in [5.41, 5.74) is 0.453. The third-order valence-corrected chi connectivity index (χ3v) is 2.16. The molecule has 0 aliphatic heterocycles. The first-order valence-electron chi connectivity index (χ1n) is 4.13. The molecule has 0 fully saturated rings. The minimum atomic E-state index is -0.0244. The van der Waals surface area contributed by atoms with Gasteiger partial charge in [0.2, 0.25) is 0 Å². The average molecular weight is 188 g/mol. The van der Waals surface area contributed by atoms with Crippen LogP contribution in [0.25, 0.3) is 10.8 Å².